The Morgan fingerprint density at radius 2 is 2.03 bits per heavy atom. The monoisotopic (exact) mass is 464 g/mol. The van der Waals surface area contributed by atoms with Gasteiger partial charge in [-0.2, -0.15) is 9.61 Å². The number of piperidine rings is 1. The first kappa shape index (κ1) is 22.4. The van der Waals surface area contributed by atoms with E-state index in [1.54, 1.807) is 25.5 Å². The van der Waals surface area contributed by atoms with Gasteiger partial charge in [-0.05, 0) is 52.7 Å². The lowest BCUT2D eigenvalue weighted by Gasteiger charge is -2.38. The Labute approximate surface area is 198 Å². The van der Waals surface area contributed by atoms with Crippen molar-refractivity contribution in [1.29, 1.82) is 0 Å². The SMILES string of the molecule is COc1ccc2c(c1)nc(N)n1nc([C@H]3CC[C@@H](C)N(c4cnn([C@H](C)C(C)(C)O)c4)C3)nc21. The summed E-state index contributed by atoms with van der Waals surface area (Å²) in [5.41, 5.74) is 7.84. The van der Waals surface area contributed by atoms with Gasteiger partial charge in [0.2, 0.25) is 5.95 Å². The predicted molar refractivity (Wildman–Crippen MR) is 131 cm³/mol. The van der Waals surface area contributed by atoms with E-state index in [9.17, 15) is 5.11 Å². The van der Waals surface area contributed by atoms with Gasteiger partial charge in [0, 0.05) is 36.2 Å². The van der Waals surface area contributed by atoms with Crippen LogP contribution in [-0.4, -0.2) is 59.8 Å². The maximum Gasteiger partial charge on any atom is 0.223 e. The first-order valence-corrected chi connectivity index (χ1v) is 11.7. The van der Waals surface area contributed by atoms with Crippen LogP contribution in [0.4, 0.5) is 11.6 Å². The van der Waals surface area contributed by atoms with E-state index in [-0.39, 0.29) is 12.0 Å². The summed E-state index contributed by atoms with van der Waals surface area (Å²) < 4.78 is 8.79. The Morgan fingerprint density at radius 1 is 1.24 bits per heavy atom. The first-order chi connectivity index (χ1) is 16.2. The highest BCUT2D eigenvalue weighted by atomic mass is 16.5. The quantitative estimate of drug-likeness (QED) is 0.462. The van der Waals surface area contributed by atoms with Crippen LogP contribution in [0.25, 0.3) is 16.6 Å². The molecule has 0 saturated carbocycles. The van der Waals surface area contributed by atoms with E-state index < -0.39 is 5.60 Å². The van der Waals surface area contributed by atoms with E-state index in [1.807, 2.05) is 42.2 Å². The van der Waals surface area contributed by atoms with E-state index in [0.717, 1.165) is 47.6 Å². The Bertz CT molecular complexity index is 1340. The van der Waals surface area contributed by atoms with Gasteiger partial charge >= 0.3 is 0 Å². The minimum absolute atomic E-state index is 0.139. The average molecular weight is 465 g/mol. The molecule has 0 amide bonds. The molecule has 0 unspecified atom stereocenters. The highest BCUT2D eigenvalue weighted by molar-refractivity contribution is 5.93. The number of hydrogen-bond donors (Lipinski definition) is 2. The highest BCUT2D eigenvalue weighted by Crippen LogP contribution is 2.34. The number of fused-ring (bicyclic) bond motifs is 3. The second-order valence-corrected chi connectivity index (χ2v) is 9.84. The molecule has 34 heavy (non-hydrogen) atoms. The van der Waals surface area contributed by atoms with Crippen molar-refractivity contribution in [2.24, 2.45) is 0 Å². The molecule has 10 heteroatoms. The van der Waals surface area contributed by atoms with Crippen molar-refractivity contribution >= 4 is 28.2 Å². The number of methoxy groups -OCH3 is 1. The van der Waals surface area contributed by atoms with Gasteiger partial charge in [-0.15, -0.1) is 5.10 Å². The fourth-order valence-corrected chi connectivity index (χ4v) is 4.62. The fraction of sp³-hybridized carbons (Fsp3) is 0.500. The first-order valence-electron chi connectivity index (χ1n) is 11.7. The van der Waals surface area contributed by atoms with Gasteiger partial charge in [0.1, 0.15) is 5.75 Å². The summed E-state index contributed by atoms with van der Waals surface area (Å²) >= 11 is 0. The minimum Gasteiger partial charge on any atom is -0.497 e. The summed E-state index contributed by atoms with van der Waals surface area (Å²) in [5.74, 6) is 1.95. The Morgan fingerprint density at radius 3 is 2.76 bits per heavy atom. The number of nitrogen functional groups attached to an aromatic ring is 1. The number of rotatable bonds is 5. The predicted octanol–water partition coefficient (Wildman–Crippen LogP) is 3.17. The maximum absolute atomic E-state index is 10.4. The van der Waals surface area contributed by atoms with Crippen LogP contribution in [0.2, 0.25) is 0 Å². The second-order valence-electron chi connectivity index (χ2n) is 9.84. The van der Waals surface area contributed by atoms with Gasteiger partial charge in [0.05, 0.1) is 36.2 Å². The van der Waals surface area contributed by atoms with Crippen LogP contribution in [-0.2, 0) is 0 Å². The number of benzene rings is 1. The Kier molecular flexibility index (Phi) is 5.35. The van der Waals surface area contributed by atoms with Crippen LogP contribution in [0, 0.1) is 0 Å². The molecule has 1 saturated heterocycles. The molecule has 180 valence electrons. The van der Waals surface area contributed by atoms with E-state index in [4.69, 9.17) is 20.6 Å². The number of ether oxygens (including phenoxy) is 1. The molecule has 3 N–H and O–H groups in total. The smallest absolute Gasteiger partial charge is 0.223 e. The maximum atomic E-state index is 10.4. The van der Waals surface area contributed by atoms with E-state index in [0.29, 0.717) is 17.6 Å². The number of anilines is 2. The van der Waals surface area contributed by atoms with E-state index >= 15 is 0 Å². The lowest BCUT2D eigenvalue weighted by molar-refractivity contribution is 0.0258. The normalized spacial score (nSPS) is 20.2. The molecular formula is C24H32N8O2. The molecule has 1 aromatic carbocycles. The third-order valence-electron chi connectivity index (χ3n) is 7.11. The van der Waals surface area contributed by atoms with Crippen LogP contribution in [0.3, 0.4) is 0 Å². The lowest BCUT2D eigenvalue weighted by atomic mass is 9.92. The summed E-state index contributed by atoms with van der Waals surface area (Å²) in [6.45, 7) is 8.58. The van der Waals surface area contributed by atoms with Crippen molar-refractivity contribution < 1.29 is 9.84 Å². The van der Waals surface area contributed by atoms with Crippen molar-refractivity contribution in [3.05, 3.63) is 36.4 Å². The van der Waals surface area contributed by atoms with E-state index in [1.165, 1.54) is 0 Å². The van der Waals surface area contributed by atoms with Gasteiger partial charge in [-0.3, -0.25) is 4.68 Å². The largest absolute Gasteiger partial charge is 0.497 e. The highest BCUT2D eigenvalue weighted by Gasteiger charge is 2.31. The molecule has 0 aliphatic carbocycles. The summed E-state index contributed by atoms with van der Waals surface area (Å²) in [6, 6.07) is 5.92. The van der Waals surface area contributed by atoms with Crippen LogP contribution < -0.4 is 15.4 Å². The Balaban J connectivity index is 1.46. The molecule has 0 bridgehead atoms. The number of hydrogen-bond acceptors (Lipinski definition) is 8. The molecule has 0 spiro atoms. The fourth-order valence-electron chi connectivity index (χ4n) is 4.62. The molecule has 0 radical (unpaired) electrons. The molecule has 1 aliphatic heterocycles. The topological polar surface area (TPSA) is 120 Å². The van der Waals surface area contributed by atoms with Crippen molar-refractivity contribution in [3.63, 3.8) is 0 Å². The number of aliphatic hydroxyl groups is 1. The zero-order valence-corrected chi connectivity index (χ0v) is 20.3. The van der Waals surface area contributed by atoms with Gasteiger partial charge < -0.3 is 20.5 Å². The van der Waals surface area contributed by atoms with Gasteiger partial charge in [0.15, 0.2) is 11.5 Å². The summed E-state index contributed by atoms with van der Waals surface area (Å²) in [4.78, 5) is 11.8. The summed E-state index contributed by atoms with van der Waals surface area (Å²) in [7, 11) is 1.63. The Hall–Kier alpha value is -3.40. The van der Waals surface area contributed by atoms with Gasteiger partial charge in [0.25, 0.3) is 0 Å². The third kappa shape index (κ3) is 3.81. The molecule has 4 heterocycles. The van der Waals surface area contributed by atoms with E-state index in [2.05, 4.69) is 21.9 Å². The number of aromatic nitrogens is 6. The minimum atomic E-state index is -0.861. The lowest BCUT2D eigenvalue weighted by Crippen LogP contribution is -2.41. The molecular weight excluding hydrogens is 432 g/mol. The van der Waals surface area contributed by atoms with Gasteiger partial charge in [-0.1, -0.05) is 0 Å². The van der Waals surface area contributed by atoms with Crippen molar-refractivity contribution in [1.82, 2.24) is 29.4 Å². The van der Waals surface area contributed by atoms with Crippen molar-refractivity contribution in [3.8, 4) is 5.75 Å². The summed E-state index contributed by atoms with van der Waals surface area (Å²) in [5, 5.41) is 20.6. The molecule has 1 aliphatic rings. The second kappa shape index (κ2) is 8.12. The number of nitrogens with two attached hydrogens (primary N) is 1. The van der Waals surface area contributed by atoms with Crippen LogP contribution in [0.5, 0.6) is 5.75 Å². The zero-order valence-electron chi connectivity index (χ0n) is 20.3. The molecule has 3 atom stereocenters. The zero-order chi connectivity index (χ0) is 24.2. The molecule has 5 rings (SSSR count). The number of nitrogens with zero attached hydrogens (tertiary/aromatic N) is 7. The summed E-state index contributed by atoms with van der Waals surface area (Å²) in [6.07, 6.45) is 5.89. The van der Waals surface area contributed by atoms with Gasteiger partial charge in [-0.25, -0.2) is 9.97 Å². The van der Waals surface area contributed by atoms with Crippen molar-refractivity contribution in [2.45, 2.75) is 64.1 Å². The molecule has 1 fully saturated rings. The average Bonchev–Trinajstić information content (AvgIpc) is 3.46. The van der Waals surface area contributed by atoms with Crippen molar-refractivity contribution in [2.75, 3.05) is 24.3 Å². The van der Waals surface area contributed by atoms with Crippen LogP contribution in [0.1, 0.15) is 58.3 Å². The van der Waals surface area contributed by atoms with Crippen LogP contribution in [0.15, 0.2) is 30.6 Å². The molecule has 10 nitrogen and oxygen atoms in total. The third-order valence-corrected chi connectivity index (χ3v) is 7.11. The van der Waals surface area contributed by atoms with Crippen LogP contribution >= 0.6 is 0 Å². The molecule has 4 aromatic rings. The molecule has 3 aromatic heterocycles. The standard InChI is InChI=1S/C24H32N8O2/c1-14-6-7-16(12-30(14)17-11-26-31(13-17)15(2)24(3,4)33)21-28-22-19-9-8-18(34-5)10-20(19)27-23(25)32(22)29-21/h8-11,13-16,33H,6-7,12H2,1-5H3,(H2,25,27)/t14-,15-,16+/m1/s1.